The number of fused-ring (bicyclic) bond motifs is 2. The minimum absolute atomic E-state index is 0.437. The van der Waals surface area contributed by atoms with Gasteiger partial charge < -0.3 is 0 Å². The van der Waals surface area contributed by atoms with Crippen LogP contribution in [0.2, 0.25) is 0 Å². The van der Waals surface area contributed by atoms with Crippen molar-refractivity contribution >= 4 is 15.7 Å². The highest BCUT2D eigenvalue weighted by molar-refractivity contribution is 7.92. The number of aryl methyl sites for hydroxylation is 4. The van der Waals surface area contributed by atoms with Crippen LogP contribution in [-0.2, 0) is 29.3 Å². The number of hydrogen-bond acceptors (Lipinski definition) is 2. The molecule has 0 spiro atoms. The molecule has 2 aromatic rings. The molecular weight excluding hydrogens is 306 g/mol. The topological polar surface area (TPSA) is 37.4 Å². The van der Waals surface area contributed by atoms with Crippen LogP contribution in [0.25, 0.3) is 0 Å². The van der Waals surface area contributed by atoms with E-state index < -0.39 is 10.0 Å². The minimum atomic E-state index is -3.48. The molecule has 0 saturated carbocycles. The van der Waals surface area contributed by atoms with E-state index in [1.807, 2.05) is 31.2 Å². The number of hydrogen-bond donors (Lipinski definition) is 0. The summed E-state index contributed by atoms with van der Waals surface area (Å²) in [5, 5.41) is 0. The number of anilines is 1. The van der Waals surface area contributed by atoms with Gasteiger partial charge in [0, 0.05) is 6.54 Å². The molecule has 0 fully saturated rings. The van der Waals surface area contributed by atoms with Crippen molar-refractivity contribution < 1.29 is 8.42 Å². The summed E-state index contributed by atoms with van der Waals surface area (Å²) in [4.78, 5) is 0.437. The monoisotopic (exact) mass is 327 g/mol. The van der Waals surface area contributed by atoms with Crippen LogP contribution in [0.5, 0.6) is 0 Å². The molecule has 0 amide bonds. The second-order valence-electron chi connectivity index (χ2n) is 6.60. The lowest BCUT2D eigenvalue weighted by molar-refractivity contribution is 0.586. The Morgan fingerprint density at radius 3 is 2.52 bits per heavy atom. The molecule has 2 aromatic carbocycles. The first kappa shape index (κ1) is 14.8. The zero-order chi connectivity index (χ0) is 16.0. The van der Waals surface area contributed by atoms with Crippen molar-refractivity contribution in [2.75, 3.05) is 10.8 Å². The van der Waals surface area contributed by atoms with Crippen LogP contribution in [0, 0.1) is 6.92 Å². The van der Waals surface area contributed by atoms with E-state index in [2.05, 4.69) is 6.07 Å². The molecule has 0 unspecified atom stereocenters. The van der Waals surface area contributed by atoms with Gasteiger partial charge in [-0.2, -0.15) is 0 Å². The Hall–Kier alpha value is -1.81. The highest BCUT2D eigenvalue weighted by atomic mass is 32.2. The Kier molecular flexibility index (Phi) is 3.45. The van der Waals surface area contributed by atoms with Crippen LogP contribution < -0.4 is 4.31 Å². The summed E-state index contributed by atoms with van der Waals surface area (Å²) < 4.78 is 27.9. The maximum absolute atomic E-state index is 13.2. The SMILES string of the molecule is Cc1ccc2c(c1)CCCN2S(=O)(=O)c1ccc2c(c1)CCC2. The predicted molar refractivity (Wildman–Crippen MR) is 92.5 cm³/mol. The van der Waals surface area contributed by atoms with E-state index in [9.17, 15) is 8.42 Å². The maximum Gasteiger partial charge on any atom is 0.264 e. The molecule has 1 aliphatic carbocycles. The van der Waals surface area contributed by atoms with Crippen molar-refractivity contribution in [2.45, 2.75) is 43.9 Å². The van der Waals surface area contributed by atoms with E-state index in [-0.39, 0.29) is 0 Å². The summed E-state index contributed by atoms with van der Waals surface area (Å²) in [5.74, 6) is 0. The van der Waals surface area contributed by atoms with E-state index in [0.29, 0.717) is 11.4 Å². The molecule has 0 radical (unpaired) electrons. The Balaban J connectivity index is 1.78. The molecule has 4 heteroatoms. The third kappa shape index (κ3) is 2.45. The van der Waals surface area contributed by atoms with Gasteiger partial charge in [0.2, 0.25) is 0 Å². The molecule has 4 rings (SSSR count). The first-order valence-corrected chi connectivity index (χ1v) is 9.74. The van der Waals surface area contributed by atoms with Crippen LogP contribution >= 0.6 is 0 Å². The average Bonchev–Trinajstić information content (AvgIpc) is 3.01. The van der Waals surface area contributed by atoms with Crippen molar-refractivity contribution in [2.24, 2.45) is 0 Å². The van der Waals surface area contributed by atoms with Crippen LogP contribution in [0.15, 0.2) is 41.3 Å². The zero-order valence-corrected chi connectivity index (χ0v) is 14.2. The molecule has 120 valence electrons. The predicted octanol–water partition coefficient (Wildman–Crippen LogP) is 3.63. The largest absolute Gasteiger partial charge is 0.266 e. The Morgan fingerprint density at radius 1 is 0.870 bits per heavy atom. The fourth-order valence-electron chi connectivity index (χ4n) is 3.78. The summed E-state index contributed by atoms with van der Waals surface area (Å²) in [6.07, 6.45) is 5.02. The summed E-state index contributed by atoms with van der Waals surface area (Å²) >= 11 is 0. The lowest BCUT2D eigenvalue weighted by Gasteiger charge is -2.31. The van der Waals surface area contributed by atoms with E-state index >= 15 is 0 Å². The van der Waals surface area contributed by atoms with Crippen molar-refractivity contribution in [1.29, 1.82) is 0 Å². The lowest BCUT2D eigenvalue weighted by Crippen LogP contribution is -2.35. The Morgan fingerprint density at radius 2 is 1.65 bits per heavy atom. The van der Waals surface area contributed by atoms with Crippen LogP contribution in [0.3, 0.4) is 0 Å². The number of sulfonamides is 1. The molecule has 1 aliphatic heterocycles. The molecule has 0 saturated heterocycles. The van der Waals surface area contributed by atoms with Crippen molar-refractivity contribution in [3.05, 3.63) is 58.7 Å². The van der Waals surface area contributed by atoms with Crippen LogP contribution in [0.1, 0.15) is 35.1 Å². The van der Waals surface area contributed by atoms with Crippen molar-refractivity contribution in [3.63, 3.8) is 0 Å². The van der Waals surface area contributed by atoms with Crippen LogP contribution in [-0.4, -0.2) is 15.0 Å². The fraction of sp³-hybridized carbons (Fsp3) is 0.368. The number of nitrogens with zero attached hydrogens (tertiary/aromatic N) is 1. The second kappa shape index (κ2) is 5.38. The Labute approximate surface area is 138 Å². The van der Waals surface area contributed by atoms with Gasteiger partial charge in [-0.25, -0.2) is 8.42 Å². The molecule has 2 aliphatic rings. The van der Waals surface area contributed by atoms with Gasteiger partial charge in [-0.05, 0) is 73.9 Å². The molecule has 23 heavy (non-hydrogen) atoms. The van der Waals surface area contributed by atoms with Gasteiger partial charge in [0.15, 0.2) is 0 Å². The molecule has 1 heterocycles. The highest BCUT2D eigenvalue weighted by Gasteiger charge is 2.29. The van der Waals surface area contributed by atoms with E-state index in [1.165, 1.54) is 16.7 Å². The smallest absolute Gasteiger partial charge is 0.264 e. The first-order valence-electron chi connectivity index (χ1n) is 8.30. The van der Waals surface area contributed by atoms with E-state index in [0.717, 1.165) is 43.4 Å². The lowest BCUT2D eigenvalue weighted by atomic mass is 10.0. The minimum Gasteiger partial charge on any atom is -0.266 e. The van der Waals surface area contributed by atoms with Gasteiger partial charge >= 0.3 is 0 Å². The first-order chi connectivity index (χ1) is 11.1. The number of benzene rings is 2. The maximum atomic E-state index is 13.2. The summed E-state index contributed by atoms with van der Waals surface area (Å²) in [7, 11) is -3.48. The van der Waals surface area contributed by atoms with Gasteiger partial charge in [-0.15, -0.1) is 0 Å². The molecular formula is C19H21NO2S. The normalized spacial score (nSPS) is 17.0. The van der Waals surface area contributed by atoms with Gasteiger partial charge in [-0.3, -0.25) is 4.31 Å². The molecule has 0 aromatic heterocycles. The molecule has 3 nitrogen and oxygen atoms in total. The molecule has 0 atom stereocenters. The summed E-state index contributed by atoms with van der Waals surface area (Å²) in [6, 6.07) is 11.7. The zero-order valence-electron chi connectivity index (χ0n) is 13.4. The Bertz CT molecular complexity index is 871. The highest BCUT2D eigenvalue weighted by Crippen LogP contribution is 2.34. The van der Waals surface area contributed by atoms with E-state index in [1.54, 1.807) is 10.4 Å². The van der Waals surface area contributed by atoms with Gasteiger partial charge in [0.1, 0.15) is 0 Å². The standard InChI is InChI=1S/C19H21NO2S/c1-14-7-10-19-17(12-14)6-3-11-20(19)23(21,22)18-9-8-15-4-2-5-16(15)13-18/h7-10,12-13H,2-6,11H2,1H3. The van der Waals surface area contributed by atoms with Gasteiger partial charge in [0.25, 0.3) is 10.0 Å². The second-order valence-corrected chi connectivity index (χ2v) is 8.46. The summed E-state index contributed by atoms with van der Waals surface area (Å²) in [5.41, 5.74) is 5.68. The third-order valence-corrected chi connectivity index (χ3v) is 6.78. The average molecular weight is 327 g/mol. The van der Waals surface area contributed by atoms with Gasteiger partial charge in [-0.1, -0.05) is 23.8 Å². The fourth-order valence-corrected chi connectivity index (χ4v) is 5.37. The summed E-state index contributed by atoms with van der Waals surface area (Å²) in [6.45, 7) is 2.61. The molecule has 0 N–H and O–H groups in total. The van der Waals surface area contributed by atoms with Crippen molar-refractivity contribution in [3.8, 4) is 0 Å². The van der Waals surface area contributed by atoms with Crippen molar-refractivity contribution in [1.82, 2.24) is 0 Å². The number of rotatable bonds is 2. The molecule has 0 bridgehead atoms. The van der Waals surface area contributed by atoms with E-state index in [4.69, 9.17) is 0 Å². The third-order valence-electron chi connectivity index (χ3n) is 4.97. The quantitative estimate of drug-likeness (QED) is 0.845. The van der Waals surface area contributed by atoms with Gasteiger partial charge in [0.05, 0.1) is 10.6 Å². The van der Waals surface area contributed by atoms with Crippen LogP contribution in [0.4, 0.5) is 5.69 Å².